The summed E-state index contributed by atoms with van der Waals surface area (Å²) in [6.07, 6.45) is 3.43. The lowest BCUT2D eigenvalue weighted by atomic mass is 9.99. The first-order valence-corrected chi connectivity index (χ1v) is 11.4. The van der Waals surface area contributed by atoms with Gasteiger partial charge in [-0.2, -0.15) is 5.26 Å². The molecule has 3 aromatic rings. The van der Waals surface area contributed by atoms with Crippen LogP contribution in [0.15, 0.2) is 79.1 Å². The Hall–Kier alpha value is -3.24. The number of carbonyl (C=O) groups excluding carboxylic acids is 1. The van der Waals surface area contributed by atoms with Crippen LogP contribution in [-0.4, -0.2) is 53.4 Å². The number of benzene rings is 2. The van der Waals surface area contributed by atoms with E-state index in [0.717, 1.165) is 16.7 Å². The van der Waals surface area contributed by atoms with Gasteiger partial charge in [-0.25, -0.2) is 0 Å². The number of amides is 1. The highest BCUT2D eigenvalue weighted by Gasteiger charge is 2.27. The van der Waals surface area contributed by atoms with Gasteiger partial charge in [0.05, 0.1) is 18.7 Å². The second kappa shape index (κ2) is 11.1. The molecular weight excluding hydrogens is 434 g/mol. The summed E-state index contributed by atoms with van der Waals surface area (Å²) in [5.41, 5.74) is 3.03. The standard InChI is InChI=1S/C26H26ClN5O/c27-23-10-8-21(9-11-23)26(20-5-2-1-3-6-20)30-19-25(33)32-15-13-31(14-16-32)24(17-28)22-7-4-12-29-18-22/h1-12,18,24,26,30H,13-16,19H2. The average molecular weight is 460 g/mol. The molecule has 1 N–H and O–H groups in total. The molecule has 0 radical (unpaired) electrons. The van der Waals surface area contributed by atoms with Gasteiger partial charge in [-0.1, -0.05) is 60.1 Å². The Labute approximate surface area is 199 Å². The van der Waals surface area contributed by atoms with Crippen molar-refractivity contribution < 1.29 is 4.79 Å². The molecule has 2 aromatic carbocycles. The summed E-state index contributed by atoms with van der Waals surface area (Å²) in [7, 11) is 0. The molecule has 2 atom stereocenters. The van der Waals surface area contributed by atoms with Crippen LogP contribution in [0, 0.1) is 11.3 Å². The van der Waals surface area contributed by atoms with E-state index in [1.165, 1.54) is 0 Å². The average Bonchev–Trinajstić information content (AvgIpc) is 2.87. The van der Waals surface area contributed by atoms with E-state index in [1.807, 2.05) is 59.5 Å². The Morgan fingerprint density at radius 2 is 1.64 bits per heavy atom. The number of pyridine rings is 1. The molecule has 0 saturated carbocycles. The van der Waals surface area contributed by atoms with Gasteiger partial charge in [-0.3, -0.25) is 20.0 Å². The Kier molecular flexibility index (Phi) is 7.69. The van der Waals surface area contributed by atoms with Gasteiger partial charge in [0.25, 0.3) is 0 Å². The first-order valence-electron chi connectivity index (χ1n) is 11.0. The largest absolute Gasteiger partial charge is 0.339 e. The number of hydrogen-bond donors (Lipinski definition) is 1. The van der Waals surface area contributed by atoms with Crippen molar-refractivity contribution in [2.24, 2.45) is 0 Å². The molecule has 1 fully saturated rings. The van der Waals surface area contributed by atoms with Crippen LogP contribution in [0.4, 0.5) is 0 Å². The molecular formula is C26H26ClN5O. The van der Waals surface area contributed by atoms with Gasteiger partial charge < -0.3 is 4.90 Å². The van der Waals surface area contributed by atoms with Crippen LogP contribution in [0.3, 0.4) is 0 Å². The first-order chi connectivity index (χ1) is 16.2. The van der Waals surface area contributed by atoms with E-state index < -0.39 is 0 Å². The van der Waals surface area contributed by atoms with Gasteiger partial charge in [0, 0.05) is 49.2 Å². The molecule has 2 heterocycles. The van der Waals surface area contributed by atoms with E-state index in [-0.39, 0.29) is 24.5 Å². The van der Waals surface area contributed by atoms with Crippen molar-refractivity contribution in [3.8, 4) is 6.07 Å². The number of piperazine rings is 1. The van der Waals surface area contributed by atoms with Crippen LogP contribution in [0.25, 0.3) is 0 Å². The number of nitriles is 1. The third-order valence-corrected chi connectivity index (χ3v) is 6.20. The summed E-state index contributed by atoms with van der Waals surface area (Å²) in [6.45, 7) is 2.72. The fourth-order valence-electron chi connectivity index (χ4n) is 4.16. The first kappa shape index (κ1) is 22.9. The van der Waals surface area contributed by atoms with Crippen LogP contribution >= 0.6 is 11.6 Å². The Morgan fingerprint density at radius 1 is 0.970 bits per heavy atom. The highest BCUT2D eigenvalue weighted by Crippen LogP contribution is 2.24. The molecule has 7 heteroatoms. The predicted octanol–water partition coefficient (Wildman–Crippen LogP) is 3.82. The SMILES string of the molecule is N#CC(c1cccnc1)N1CCN(C(=O)CNC(c2ccccc2)c2ccc(Cl)cc2)CC1. The van der Waals surface area contributed by atoms with E-state index in [0.29, 0.717) is 31.2 Å². The Balaban J connectivity index is 1.37. The molecule has 0 bridgehead atoms. The van der Waals surface area contributed by atoms with Crippen LogP contribution in [0.1, 0.15) is 28.8 Å². The van der Waals surface area contributed by atoms with Gasteiger partial charge in [0.1, 0.15) is 6.04 Å². The number of aromatic nitrogens is 1. The molecule has 2 unspecified atom stereocenters. The summed E-state index contributed by atoms with van der Waals surface area (Å²) < 4.78 is 0. The highest BCUT2D eigenvalue weighted by molar-refractivity contribution is 6.30. The summed E-state index contributed by atoms with van der Waals surface area (Å²) in [6, 6.07) is 23.4. The molecule has 0 aliphatic carbocycles. The molecule has 4 rings (SSSR count). The minimum absolute atomic E-state index is 0.0550. The third kappa shape index (κ3) is 5.77. The van der Waals surface area contributed by atoms with E-state index in [9.17, 15) is 10.1 Å². The van der Waals surface area contributed by atoms with Crippen molar-refractivity contribution in [1.82, 2.24) is 20.1 Å². The van der Waals surface area contributed by atoms with Crippen LogP contribution in [0.2, 0.25) is 5.02 Å². The fraction of sp³-hybridized carbons (Fsp3) is 0.269. The monoisotopic (exact) mass is 459 g/mol. The number of nitrogens with one attached hydrogen (secondary N) is 1. The molecule has 33 heavy (non-hydrogen) atoms. The lowest BCUT2D eigenvalue weighted by molar-refractivity contribution is -0.132. The highest BCUT2D eigenvalue weighted by atomic mass is 35.5. The quantitative estimate of drug-likeness (QED) is 0.581. The van der Waals surface area contributed by atoms with E-state index in [2.05, 4.69) is 33.4 Å². The maximum atomic E-state index is 13.0. The summed E-state index contributed by atoms with van der Waals surface area (Å²) in [5.74, 6) is 0.0550. The summed E-state index contributed by atoms with van der Waals surface area (Å²) in [5, 5.41) is 13.8. The van der Waals surface area contributed by atoms with Crippen molar-refractivity contribution in [3.05, 3.63) is 101 Å². The molecule has 1 aliphatic heterocycles. The molecule has 168 valence electrons. The zero-order chi connectivity index (χ0) is 23.0. The maximum Gasteiger partial charge on any atom is 0.236 e. The number of nitrogens with zero attached hydrogens (tertiary/aromatic N) is 4. The normalized spacial score (nSPS) is 16.1. The zero-order valence-electron chi connectivity index (χ0n) is 18.3. The second-order valence-electron chi connectivity index (χ2n) is 8.01. The smallest absolute Gasteiger partial charge is 0.236 e. The lowest BCUT2D eigenvalue weighted by Gasteiger charge is -2.37. The summed E-state index contributed by atoms with van der Waals surface area (Å²) >= 11 is 6.07. The van der Waals surface area contributed by atoms with Gasteiger partial charge in [0.2, 0.25) is 5.91 Å². The van der Waals surface area contributed by atoms with Crippen molar-refractivity contribution in [2.75, 3.05) is 32.7 Å². The van der Waals surface area contributed by atoms with Crippen molar-refractivity contribution in [3.63, 3.8) is 0 Å². The molecule has 1 amide bonds. The van der Waals surface area contributed by atoms with Crippen LogP contribution in [-0.2, 0) is 4.79 Å². The Morgan fingerprint density at radius 3 is 2.27 bits per heavy atom. The molecule has 1 aliphatic rings. The zero-order valence-corrected chi connectivity index (χ0v) is 19.0. The van der Waals surface area contributed by atoms with E-state index in [4.69, 9.17) is 11.6 Å². The fourth-order valence-corrected chi connectivity index (χ4v) is 4.29. The van der Waals surface area contributed by atoms with Crippen molar-refractivity contribution in [2.45, 2.75) is 12.1 Å². The molecule has 0 spiro atoms. The molecule has 1 aromatic heterocycles. The van der Waals surface area contributed by atoms with Crippen molar-refractivity contribution in [1.29, 1.82) is 5.26 Å². The van der Waals surface area contributed by atoms with E-state index >= 15 is 0 Å². The van der Waals surface area contributed by atoms with Crippen molar-refractivity contribution >= 4 is 17.5 Å². The number of hydrogen-bond acceptors (Lipinski definition) is 5. The number of rotatable bonds is 7. The summed E-state index contributed by atoms with van der Waals surface area (Å²) in [4.78, 5) is 21.1. The topological polar surface area (TPSA) is 72.3 Å². The van der Waals surface area contributed by atoms with Crippen LogP contribution < -0.4 is 5.32 Å². The number of carbonyl (C=O) groups is 1. The lowest BCUT2D eigenvalue weighted by Crippen LogP contribution is -2.51. The number of halogens is 1. The minimum atomic E-state index is -0.346. The van der Waals surface area contributed by atoms with E-state index in [1.54, 1.807) is 12.4 Å². The third-order valence-electron chi connectivity index (χ3n) is 5.95. The Bertz CT molecular complexity index is 1080. The molecule has 6 nitrogen and oxygen atoms in total. The van der Waals surface area contributed by atoms with Gasteiger partial charge >= 0.3 is 0 Å². The van der Waals surface area contributed by atoms with Gasteiger partial charge in [-0.05, 0) is 29.3 Å². The van der Waals surface area contributed by atoms with Gasteiger partial charge in [0.15, 0.2) is 0 Å². The van der Waals surface area contributed by atoms with Gasteiger partial charge in [-0.15, -0.1) is 0 Å². The minimum Gasteiger partial charge on any atom is -0.339 e. The maximum absolute atomic E-state index is 13.0. The molecule has 1 saturated heterocycles. The second-order valence-corrected chi connectivity index (χ2v) is 8.45. The predicted molar refractivity (Wildman–Crippen MR) is 128 cm³/mol. The van der Waals surface area contributed by atoms with Crippen LogP contribution in [0.5, 0.6) is 0 Å².